The maximum absolute atomic E-state index is 12.1. The second-order valence-corrected chi connectivity index (χ2v) is 15.3. The number of ether oxygens (including phenoxy) is 7. The highest BCUT2D eigenvalue weighted by atomic mass is 32.2. The lowest BCUT2D eigenvalue weighted by atomic mass is 10.0. The minimum absolute atomic E-state index is 0.0221. The van der Waals surface area contributed by atoms with Gasteiger partial charge < -0.3 is 54.4 Å². The van der Waals surface area contributed by atoms with Crippen LogP contribution in [0.5, 0.6) is 11.5 Å². The van der Waals surface area contributed by atoms with Gasteiger partial charge in [0.05, 0.1) is 71.5 Å². The second kappa shape index (κ2) is 32.2. The number of thioether (sulfide) groups is 1. The molecule has 4 amide bonds. The summed E-state index contributed by atoms with van der Waals surface area (Å²) >= 11 is 1.89. The van der Waals surface area contributed by atoms with Crippen LogP contribution in [0.25, 0.3) is 0 Å². The highest BCUT2D eigenvalue weighted by Crippen LogP contribution is 2.33. The number of carbonyl (C=O) groups excluding carboxylic acids is 3. The van der Waals surface area contributed by atoms with E-state index in [-0.39, 0.29) is 36.5 Å². The zero-order chi connectivity index (χ0) is 39.7. The molecule has 14 nitrogen and oxygen atoms in total. The smallest absolute Gasteiger partial charge is 0.315 e. The van der Waals surface area contributed by atoms with Gasteiger partial charge in [-0.05, 0) is 43.5 Å². The van der Waals surface area contributed by atoms with E-state index >= 15 is 0 Å². The van der Waals surface area contributed by atoms with E-state index in [2.05, 4.69) is 28.2 Å². The van der Waals surface area contributed by atoms with E-state index in [9.17, 15) is 14.4 Å². The molecule has 0 aromatic heterocycles. The van der Waals surface area contributed by atoms with Gasteiger partial charge in [-0.3, -0.25) is 9.59 Å². The molecule has 15 heteroatoms. The molecule has 0 spiro atoms. The first-order valence-corrected chi connectivity index (χ1v) is 22.1. The van der Waals surface area contributed by atoms with Crippen LogP contribution >= 0.6 is 11.8 Å². The Morgan fingerprint density at radius 1 is 0.625 bits per heavy atom. The van der Waals surface area contributed by atoms with Gasteiger partial charge in [-0.25, -0.2) is 4.79 Å². The first-order valence-electron chi connectivity index (χ1n) is 21.0. The average Bonchev–Trinajstić information content (AvgIpc) is 3.76. The van der Waals surface area contributed by atoms with Crippen LogP contribution in [0, 0.1) is 0 Å². The van der Waals surface area contributed by atoms with Gasteiger partial charge in [-0.15, -0.1) is 0 Å². The molecule has 1 aromatic rings. The fourth-order valence-corrected chi connectivity index (χ4v) is 7.86. The minimum atomic E-state index is -0.241. The highest BCUT2D eigenvalue weighted by Gasteiger charge is 2.42. The molecule has 56 heavy (non-hydrogen) atoms. The van der Waals surface area contributed by atoms with E-state index in [1.165, 1.54) is 51.4 Å². The lowest BCUT2D eigenvalue weighted by Crippen LogP contribution is -2.36. The summed E-state index contributed by atoms with van der Waals surface area (Å²) in [6.45, 7) is 8.43. The maximum atomic E-state index is 12.1. The van der Waals surface area contributed by atoms with Crippen molar-refractivity contribution in [2.24, 2.45) is 0 Å². The van der Waals surface area contributed by atoms with Crippen molar-refractivity contribution in [1.29, 1.82) is 0 Å². The Morgan fingerprint density at radius 2 is 1.16 bits per heavy atom. The van der Waals surface area contributed by atoms with Crippen molar-refractivity contribution in [1.82, 2.24) is 21.3 Å². The Kier molecular flexibility index (Phi) is 27.3. The van der Waals surface area contributed by atoms with Crippen molar-refractivity contribution in [3.8, 4) is 11.5 Å². The molecular weight excluding hydrogens is 741 g/mol. The van der Waals surface area contributed by atoms with Crippen LogP contribution in [0.1, 0.15) is 90.4 Å². The first kappa shape index (κ1) is 47.6. The molecule has 2 aliphatic rings. The van der Waals surface area contributed by atoms with E-state index in [0.717, 1.165) is 38.0 Å². The minimum Gasteiger partial charge on any atom is -0.491 e. The number of nitrogens with one attached hydrogen (secondary N) is 4. The van der Waals surface area contributed by atoms with E-state index in [1.54, 1.807) is 24.3 Å². The van der Waals surface area contributed by atoms with E-state index < -0.39 is 0 Å². The number of urea groups is 1. The van der Waals surface area contributed by atoms with Gasteiger partial charge in [0.25, 0.3) is 5.91 Å². The number of benzene rings is 1. The normalized spacial score (nSPS) is 17.3. The Hall–Kier alpha value is -2.82. The molecule has 0 bridgehead atoms. The third-order valence-electron chi connectivity index (χ3n) is 9.42. The second-order valence-electron chi connectivity index (χ2n) is 14.1. The lowest BCUT2D eigenvalue weighted by Gasteiger charge is -2.16. The molecule has 0 radical (unpaired) electrons. The Bertz CT molecular complexity index is 1170. The topological polar surface area (TPSA) is 164 Å². The van der Waals surface area contributed by atoms with Crippen molar-refractivity contribution in [2.75, 3.05) is 98.1 Å². The van der Waals surface area contributed by atoms with Gasteiger partial charge in [-0.1, -0.05) is 64.7 Å². The summed E-state index contributed by atoms with van der Waals surface area (Å²) in [4.78, 5) is 35.7. The van der Waals surface area contributed by atoms with Crippen LogP contribution < -0.4 is 30.7 Å². The third-order valence-corrected chi connectivity index (χ3v) is 10.9. The molecule has 320 valence electrons. The van der Waals surface area contributed by atoms with Gasteiger partial charge in [0.15, 0.2) is 6.61 Å². The summed E-state index contributed by atoms with van der Waals surface area (Å²) < 4.78 is 39.1. The standard InChI is InChI=1S/C41H70N4O10S/c1-2-3-4-5-6-7-8-9-12-21-49-24-27-52-28-29-53-30-31-54-34-15-17-35(18-16-34)55-32-39(47)43-20-23-51-26-25-50-22-19-42-38(46)14-11-10-13-37-40-36(33-56-37)44-41(48)45-40/h15-18,36-37,40H,2-14,19-33H2,1H3,(H,42,46)(H,43,47)(H2,44,45,48)/t36?,37-,40?/m0/s1. The quantitative estimate of drug-likeness (QED) is 0.0528. The van der Waals surface area contributed by atoms with Gasteiger partial charge in [0.2, 0.25) is 5.91 Å². The molecule has 2 saturated heterocycles. The first-order chi connectivity index (χ1) is 27.5. The molecule has 1 aromatic carbocycles. The summed E-state index contributed by atoms with van der Waals surface area (Å²) in [5.41, 5.74) is 0. The highest BCUT2D eigenvalue weighted by molar-refractivity contribution is 8.00. The van der Waals surface area contributed by atoms with Gasteiger partial charge >= 0.3 is 6.03 Å². The fraction of sp³-hybridized carbons (Fsp3) is 0.780. The number of fused-ring (bicyclic) bond motifs is 1. The lowest BCUT2D eigenvalue weighted by molar-refractivity contribution is -0.123. The molecule has 0 saturated carbocycles. The predicted octanol–water partition coefficient (Wildman–Crippen LogP) is 5.02. The Morgan fingerprint density at radius 3 is 1.80 bits per heavy atom. The van der Waals surface area contributed by atoms with Crippen molar-refractivity contribution < 1.29 is 47.5 Å². The summed E-state index contributed by atoms with van der Waals surface area (Å²) in [7, 11) is 0. The number of hydrogen-bond donors (Lipinski definition) is 4. The van der Waals surface area contributed by atoms with Crippen LogP contribution in [0.2, 0.25) is 0 Å². The van der Waals surface area contributed by atoms with E-state index in [1.807, 2.05) is 11.8 Å². The molecule has 2 fully saturated rings. The van der Waals surface area contributed by atoms with Crippen molar-refractivity contribution in [2.45, 2.75) is 108 Å². The number of hydrogen-bond acceptors (Lipinski definition) is 11. The summed E-state index contributed by atoms with van der Waals surface area (Å²) in [5, 5.41) is 12.0. The van der Waals surface area contributed by atoms with Crippen LogP contribution in [-0.4, -0.2) is 133 Å². The third kappa shape index (κ3) is 23.4. The number of carbonyl (C=O) groups is 3. The van der Waals surface area contributed by atoms with Gasteiger partial charge in [0.1, 0.15) is 18.1 Å². The SMILES string of the molecule is CCCCCCCCCCCOCCOCCOCCOc1ccc(OCC(=O)NCCOCCOCCNC(=O)CCCC[C@@H]2SCC3NC(=O)NC32)cc1. The fourth-order valence-electron chi connectivity index (χ4n) is 6.32. The molecule has 0 aliphatic carbocycles. The molecule has 2 aliphatic heterocycles. The van der Waals surface area contributed by atoms with Crippen LogP contribution in [-0.2, 0) is 33.3 Å². The zero-order valence-electron chi connectivity index (χ0n) is 33.8. The summed E-state index contributed by atoms with van der Waals surface area (Å²) in [6.07, 6.45) is 15.1. The largest absolute Gasteiger partial charge is 0.491 e. The zero-order valence-corrected chi connectivity index (χ0v) is 34.6. The van der Waals surface area contributed by atoms with Crippen LogP contribution in [0.3, 0.4) is 0 Å². The van der Waals surface area contributed by atoms with Crippen LogP contribution in [0.15, 0.2) is 24.3 Å². The monoisotopic (exact) mass is 810 g/mol. The van der Waals surface area contributed by atoms with Crippen molar-refractivity contribution in [3.63, 3.8) is 0 Å². The average molecular weight is 811 g/mol. The molecule has 3 atom stereocenters. The number of rotatable bonds is 37. The molecule has 2 heterocycles. The molecule has 2 unspecified atom stereocenters. The molecule has 3 rings (SSSR count). The summed E-state index contributed by atoms with van der Waals surface area (Å²) in [6, 6.07) is 7.47. The predicted molar refractivity (Wildman–Crippen MR) is 219 cm³/mol. The Labute approximate surface area is 339 Å². The van der Waals surface area contributed by atoms with E-state index in [0.29, 0.717) is 102 Å². The number of unbranched alkanes of at least 4 members (excludes halogenated alkanes) is 9. The molecular formula is C41H70N4O10S. The van der Waals surface area contributed by atoms with Crippen molar-refractivity contribution >= 4 is 29.6 Å². The summed E-state index contributed by atoms with van der Waals surface area (Å²) in [5.74, 6) is 1.99. The van der Waals surface area contributed by atoms with Gasteiger partial charge in [-0.2, -0.15) is 11.8 Å². The van der Waals surface area contributed by atoms with Crippen molar-refractivity contribution in [3.05, 3.63) is 24.3 Å². The van der Waals surface area contributed by atoms with E-state index in [4.69, 9.17) is 33.2 Å². The number of amides is 4. The Balaban J connectivity index is 1.00. The molecule has 4 N–H and O–H groups in total. The van der Waals surface area contributed by atoms with Gasteiger partial charge in [0, 0.05) is 37.1 Å². The maximum Gasteiger partial charge on any atom is 0.315 e. The van der Waals surface area contributed by atoms with Crippen LogP contribution in [0.4, 0.5) is 4.79 Å².